The van der Waals surface area contributed by atoms with Crippen molar-refractivity contribution in [3.05, 3.63) is 78.3 Å². The number of carbonyl (C=O) groups excluding carboxylic acids is 2. The number of nitrogens with two attached hydrogens (primary N) is 1. The van der Waals surface area contributed by atoms with Gasteiger partial charge in [0.05, 0.1) is 37.9 Å². The summed E-state index contributed by atoms with van der Waals surface area (Å²) >= 11 is 0. The highest BCUT2D eigenvalue weighted by atomic mass is 16.5. The lowest BCUT2D eigenvalue weighted by molar-refractivity contribution is -0.132. The number of ether oxygens (including phenoxy) is 2. The van der Waals surface area contributed by atoms with Gasteiger partial charge in [-0.3, -0.25) is 9.59 Å². The van der Waals surface area contributed by atoms with Gasteiger partial charge in [0.25, 0.3) is 11.8 Å². The fourth-order valence-electron chi connectivity index (χ4n) is 4.24. The Bertz CT molecular complexity index is 1220. The van der Waals surface area contributed by atoms with Gasteiger partial charge >= 0.3 is 0 Å². The van der Waals surface area contributed by atoms with Gasteiger partial charge < -0.3 is 24.5 Å². The average Bonchev–Trinajstić information content (AvgIpc) is 3.54. The third kappa shape index (κ3) is 4.07. The van der Waals surface area contributed by atoms with Gasteiger partial charge in [-0.1, -0.05) is 12.1 Å². The van der Waals surface area contributed by atoms with E-state index < -0.39 is 12.0 Å². The second-order valence-corrected chi connectivity index (χ2v) is 8.11. The number of rotatable bonds is 6. The quantitative estimate of drug-likeness (QED) is 0.606. The van der Waals surface area contributed by atoms with E-state index in [9.17, 15) is 9.59 Å². The highest BCUT2D eigenvalue weighted by Crippen LogP contribution is 2.36. The molecule has 5 rings (SSSR count). The number of primary amides is 1. The summed E-state index contributed by atoms with van der Waals surface area (Å²) in [6.45, 7) is 0.174. The predicted molar refractivity (Wildman–Crippen MR) is 125 cm³/mol. The van der Waals surface area contributed by atoms with Crippen LogP contribution in [0.25, 0.3) is 0 Å². The lowest BCUT2D eigenvalue weighted by Gasteiger charge is -2.35. The molecule has 0 saturated heterocycles. The molecule has 0 fully saturated rings. The van der Waals surface area contributed by atoms with Crippen LogP contribution in [0.2, 0.25) is 0 Å². The minimum Gasteiger partial charge on any atom is -0.497 e. The maximum Gasteiger partial charge on any atom is 0.262 e. The number of nitrogens with zero attached hydrogens (tertiary/aromatic N) is 3. The average molecular weight is 460 g/mol. The molecule has 2 amide bonds. The number of hydrogen-bond acceptors (Lipinski definition) is 7. The van der Waals surface area contributed by atoms with E-state index in [1.165, 1.54) is 5.01 Å². The van der Waals surface area contributed by atoms with Crippen LogP contribution in [-0.4, -0.2) is 48.8 Å². The molecule has 2 aliphatic rings. The lowest BCUT2D eigenvalue weighted by atomic mass is 10.0. The first-order valence-corrected chi connectivity index (χ1v) is 10.9. The monoisotopic (exact) mass is 460 g/mol. The zero-order valence-corrected chi connectivity index (χ0v) is 18.6. The van der Waals surface area contributed by atoms with E-state index in [-0.39, 0.29) is 25.0 Å². The second-order valence-electron chi connectivity index (χ2n) is 8.11. The van der Waals surface area contributed by atoms with Crippen molar-refractivity contribution in [1.29, 1.82) is 0 Å². The molecule has 0 radical (unpaired) electrons. The molecule has 0 unspecified atom stereocenters. The first kappa shape index (κ1) is 21.6. The van der Waals surface area contributed by atoms with Crippen LogP contribution >= 0.6 is 0 Å². The van der Waals surface area contributed by atoms with Crippen molar-refractivity contribution in [3.8, 4) is 11.5 Å². The Balaban J connectivity index is 1.43. The van der Waals surface area contributed by atoms with Crippen molar-refractivity contribution in [2.24, 2.45) is 10.8 Å². The number of amides is 2. The number of methoxy groups -OCH3 is 1. The molecule has 3 heterocycles. The largest absolute Gasteiger partial charge is 0.497 e. The van der Waals surface area contributed by atoms with Crippen LogP contribution in [0.15, 0.2) is 76.4 Å². The van der Waals surface area contributed by atoms with Crippen LogP contribution in [0.1, 0.15) is 23.8 Å². The number of hydrazone groups is 1. The first-order valence-electron chi connectivity index (χ1n) is 10.9. The van der Waals surface area contributed by atoms with Gasteiger partial charge in [-0.2, -0.15) is 5.10 Å². The summed E-state index contributed by atoms with van der Waals surface area (Å²) < 4.78 is 16.6. The van der Waals surface area contributed by atoms with Crippen molar-refractivity contribution < 1.29 is 23.5 Å². The summed E-state index contributed by atoms with van der Waals surface area (Å²) in [5.74, 6) is 1.09. The number of carbonyl (C=O) groups is 2. The number of anilines is 1. The molecule has 9 heteroatoms. The fraction of sp³-hybridized carbons (Fsp3) is 0.240. The number of para-hydroxylation sites is 2. The minimum absolute atomic E-state index is 0.000748. The molecule has 3 aromatic rings. The second kappa shape index (κ2) is 8.93. The maximum absolute atomic E-state index is 13.5. The molecule has 1 aromatic heterocycles. The summed E-state index contributed by atoms with van der Waals surface area (Å²) in [6.07, 6.45) is 1.24. The smallest absolute Gasteiger partial charge is 0.262 e. The van der Waals surface area contributed by atoms with Crippen molar-refractivity contribution in [3.63, 3.8) is 0 Å². The highest BCUT2D eigenvalue weighted by Gasteiger charge is 2.37. The Morgan fingerprint density at radius 3 is 2.62 bits per heavy atom. The van der Waals surface area contributed by atoms with E-state index in [1.54, 1.807) is 36.5 Å². The van der Waals surface area contributed by atoms with Gasteiger partial charge in [0.1, 0.15) is 23.3 Å². The molecule has 2 aromatic carbocycles. The first-order chi connectivity index (χ1) is 16.5. The van der Waals surface area contributed by atoms with Crippen molar-refractivity contribution >= 4 is 23.2 Å². The summed E-state index contributed by atoms with van der Waals surface area (Å²) in [7, 11) is 1.61. The Hall–Kier alpha value is -4.27. The van der Waals surface area contributed by atoms with Crippen molar-refractivity contribution in [1.82, 2.24) is 5.01 Å². The third-order valence-electron chi connectivity index (χ3n) is 5.97. The van der Waals surface area contributed by atoms with E-state index in [2.05, 4.69) is 5.10 Å². The van der Waals surface area contributed by atoms with Crippen LogP contribution < -0.4 is 20.1 Å². The molecule has 174 valence electrons. The number of hydrogen-bond donors (Lipinski definition) is 1. The number of furan rings is 1. The van der Waals surface area contributed by atoms with E-state index >= 15 is 0 Å². The van der Waals surface area contributed by atoms with E-state index in [1.807, 2.05) is 42.5 Å². The van der Waals surface area contributed by atoms with E-state index in [0.29, 0.717) is 17.9 Å². The molecular weight excluding hydrogens is 436 g/mol. The molecule has 0 saturated carbocycles. The SMILES string of the molecule is COc1ccc(C2=NN(C(=O)CN3C[C@H](C(N)=O)Oc4ccccc43)[C@H](c3ccco3)C2)cc1. The number of fused-ring (bicyclic) bond motifs is 1. The lowest BCUT2D eigenvalue weighted by Crippen LogP contribution is -2.50. The molecule has 0 aliphatic carbocycles. The van der Waals surface area contributed by atoms with Gasteiger partial charge in [-0.15, -0.1) is 0 Å². The topological polar surface area (TPSA) is 111 Å². The maximum atomic E-state index is 13.5. The Morgan fingerprint density at radius 2 is 1.91 bits per heavy atom. The Morgan fingerprint density at radius 1 is 1.12 bits per heavy atom. The van der Waals surface area contributed by atoms with Crippen molar-refractivity contribution in [2.45, 2.75) is 18.6 Å². The van der Waals surface area contributed by atoms with E-state index in [0.717, 1.165) is 22.7 Å². The van der Waals surface area contributed by atoms with E-state index in [4.69, 9.17) is 19.6 Å². The van der Waals surface area contributed by atoms with Gasteiger partial charge in [-0.05, 0) is 54.1 Å². The summed E-state index contributed by atoms with van der Waals surface area (Å²) in [6, 6.07) is 18.1. The summed E-state index contributed by atoms with van der Waals surface area (Å²) in [5.41, 5.74) is 7.90. The highest BCUT2D eigenvalue weighted by molar-refractivity contribution is 6.03. The predicted octanol–water partition coefficient (Wildman–Crippen LogP) is 2.72. The number of benzene rings is 2. The van der Waals surface area contributed by atoms with Gasteiger partial charge in [0.15, 0.2) is 6.10 Å². The van der Waals surface area contributed by atoms with Crippen LogP contribution in [0.4, 0.5) is 5.69 Å². The van der Waals surface area contributed by atoms with Gasteiger partial charge in [-0.25, -0.2) is 5.01 Å². The molecular formula is C25H24N4O5. The summed E-state index contributed by atoms with van der Waals surface area (Å²) in [4.78, 5) is 27.2. The minimum atomic E-state index is -0.847. The molecule has 2 aliphatic heterocycles. The van der Waals surface area contributed by atoms with Gasteiger partial charge in [0, 0.05) is 6.42 Å². The zero-order valence-electron chi connectivity index (χ0n) is 18.6. The molecule has 0 bridgehead atoms. The zero-order chi connectivity index (χ0) is 23.7. The van der Waals surface area contributed by atoms with Crippen molar-refractivity contribution in [2.75, 3.05) is 25.1 Å². The van der Waals surface area contributed by atoms with Crippen LogP contribution in [-0.2, 0) is 9.59 Å². The molecule has 2 N–H and O–H groups in total. The summed E-state index contributed by atoms with van der Waals surface area (Å²) in [5, 5.41) is 6.14. The van der Waals surface area contributed by atoms with Gasteiger partial charge in [0.2, 0.25) is 0 Å². The Kier molecular flexibility index (Phi) is 5.67. The Labute approximate surface area is 196 Å². The fourth-order valence-corrected chi connectivity index (χ4v) is 4.24. The standard InChI is InChI=1S/C25H24N4O5/c1-32-17-10-8-16(9-11-17)18-13-20(21-7-4-12-33-21)29(27-18)24(30)15-28-14-23(25(26)31)34-22-6-3-2-5-19(22)28/h2-12,20,23H,13-15H2,1H3,(H2,26,31)/t20-,23+/m0/s1. The molecule has 34 heavy (non-hydrogen) atoms. The molecule has 0 spiro atoms. The van der Waals surface area contributed by atoms with Crippen LogP contribution in [0.5, 0.6) is 11.5 Å². The normalized spacial score (nSPS) is 19.3. The van der Waals surface area contributed by atoms with Crippen LogP contribution in [0.3, 0.4) is 0 Å². The molecule has 2 atom stereocenters. The molecule has 9 nitrogen and oxygen atoms in total. The van der Waals surface area contributed by atoms with Crippen LogP contribution in [0, 0.1) is 0 Å². The third-order valence-corrected chi connectivity index (χ3v) is 5.97.